The van der Waals surface area contributed by atoms with E-state index >= 15 is 0 Å². The van der Waals surface area contributed by atoms with Crippen LogP contribution in [0.2, 0.25) is 0 Å². The maximum Gasteiger partial charge on any atom is 0.260 e. The molecule has 3 aromatic rings. The number of hydrogen-bond donors (Lipinski definition) is 1. The van der Waals surface area contributed by atoms with Gasteiger partial charge in [-0.25, -0.2) is 9.07 Å². The minimum absolute atomic E-state index is 0.265. The number of aromatic nitrogens is 4. The Labute approximate surface area is 132 Å². The van der Waals surface area contributed by atoms with Gasteiger partial charge in [-0.1, -0.05) is 0 Å². The van der Waals surface area contributed by atoms with Crippen molar-refractivity contribution in [1.29, 1.82) is 0 Å². The van der Waals surface area contributed by atoms with Crippen molar-refractivity contribution >= 4 is 11.7 Å². The number of aryl methyl sites for hydroxylation is 2. The van der Waals surface area contributed by atoms with E-state index in [2.05, 4.69) is 15.5 Å². The number of amides is 1. The molecule has 0 aliphatic rings. The molecule has 23 heavy (non-hydrogen) atoms. The predicted octanol–water partition coefficient (Wildman–Crippen LogP) is 2.61. The summed E-state index contributed by atoms with van der Waals surface area (Å²) in [6.45, 7) is 3.65. The Morgan fingerprint density at radius 3 is 2.52 bits per heavy atom. The third-order valence-corrected chi connectivity index (χ3v) is 3.57. The van der Waals surface area contributed by atoms with E-state index in [1.165, 1.54) is 18.3 Å². The SMILES string of the molecule is Cc1cc(NC(=O)c2cnn(-c3ccc(F)cc3)c2C)n(C)n1. The Morgan fingerprint density at radius 2 is 1.91 bits per heavy atom. The molecule has 0 aliphatic carbocycles. The first kappa shape index (κ1) is 15.0. The van der Waals surface area contributed by atoms with Crippen LogP contribution in [0.15, 0.2) is 36.5 Å². The van der Waals surface area contributed by atoms with E-state index in [4.69, 9.17) is 0 Å². The molecule has 1 N–H and O–H groups in total. The first-order valence-electron chi connectivity index (χ1n) is 7.08. The molecule has 0 radical (unpaired) electrons. The van der Waals surface area contributed by atoms with Gasteiger partial charge in [0.2, 0.25) is 0 Å². The van der Waals surface area contributed by atoms with Crippen LogP contribution in [0.3, 0.4) is 0 Å². The second-order valence-corrected chi connectivity index (χ2v) is 5.28. The molecular weight excluding hydrogens is 297 g/mol. The Bertz CT molecular complexity index is 863. The second-order valence-electron chi connectivity index (χ2n) is 5.28. The third-order valence-electron chi connectivity index (χ3n) is 3.57. The molecule has 2 aromatic heterocycles. The van der Waals surface area contributed by atoms with Crippen LogP contribution in [0.4, 0.5) is 10.2 Å². The van der Waals surface area contributed by atoms with Gasteiger partial charge in [0, 0.05) is 13.1 Å². The second kappa shape index (κ2) is 5.68. The fourth-order valence-electron chi connectivity index (χ4n) is 2.39. The van der Waals surface area contributed by atoms with Gasteiger partial charge in [0.05, 0.1) is 28.8 Å². The molecule has 3 rings (SSSR count). The van der Waals surface area contributed by atoms with E-state index in [1.807, 2.05) is 6.92 Å². The number of rotatable bonds is 3. The smallest absolute Gasteiger partial charge is 0.260 e. The van der Waals surface area contributed by atoms with Crippen molar-refractivity contribution in [3.63, 3.8) is 0 Å². The standard InChI is InChI=1S/C16H16FN5O/c1-10-8-15(21(3)20-10)19-16(23)14-9-18-22(11(14)2)13-6-4-12(17)5-7-13/h4-9H,1-3H3,(H,19,23). The number of nitrogens with one attached hydrogen (secondary N) is 1. The molecule has 118 valence electrons. The summed E-state index contributed by atoms with van der Waals surface area (Å²) >= 11 is 0. The molecule has 0 bridgehead atoms. The number of carbonyl (C=O) groups is 1. The van der Waals surface area contributed by atoms with Crippen LogP contribution in [0.1, 0.15) is 21.7 Å². The van der Waals surface area contributed by atoms with Crippen molar-refractivity contribution in [2.75, 3.05) is 5.32 Å². The summed E-state index contributed by atoms with van der Waals surface area (Å²) in [6.07, 6.45) is 1.50. The fourth-order valence-corrected chi connectivity index (χ4v) is 2.39. The first-order valence-corrected chi connectivity index (χ1v) is 7.08. The summed E-state index contributed by atoms with van der Waals surface area (Å²) in [7, 11) is 1.76. The normalized spacial score (nSPS) is 10.8. The van der Waals surface area contributed by atoms with E-state index in [0.717, 1.165) is 5.69 Å². The number of anilines is 1. The van der Waals surface area contributed by atoms with Crippen molar-refractivity contribution in [3.05, 3.63) is 59.3 Å². The summed E-state index contributed by atoms with van der Waals surface area (Å²) in [6, 6.07) is 7.73. The van der Waals surface area contributed by atoms with E-state index in [1.54, 1.807) is 41.5 Å². The quantitative estimate of drug-likeness (QED) is 0.808. The van der Waals surface area contributed by atoms with Crippen LogP contribution in [0.25, 0.3) is 5.69 Å². The van der Waals surface area contributed by atoms with Gasteiger partial charge in [-0.05, 0) is 38.1 Å². The molecule has 0 atom stereocenters. The van der Waals surface area contributed by atoms with Gasteiger partial charge in [-0.3, -0.25) is 9.48 Å². The minimum atomic E-state index is -0.317. The molecule has 1 aromatic carbocycles. The van der Waals surface area contributed by atoms with Crippen LogP contribution in [-0.2, 0) is 7.05 Å². The zero-order valence-electron chi connectivity index (χ0n) is 13.0. The molecule has 0 spiro atoms. The van der Waals surface area contributed by atoms with Gasteiger partial charge in [0.1, 0.15) is 11.6 Å². The van der Waals surface area contributed by atoms with Crippen LogP contribution in [0.5, 0.6) is 0 Å². The van der Waals surface area contributed by atoms with Crippen molar-refractivity contribution in [2.45, 2.75) is 13.8 Å². The zero-order chi connectivity index (χ0) is 16.6. The highest BCUT2D eigenvalue weighted by molar-refractivity contribution is 6.04. The summed E-state index contributed by atoms with van der Waals surface area (Å²) in [4.78, 5) is 12.4. The highest BCUT2D eigenvalue weighted by Crippen LogP contribution is 2.17. The maximum atomic E-state index is 13.0. The van der Waals surface area contributed by atoms with Crippen molar-refractivity contribution in [2.24, 2.45) is 7.05 Å². The summed E-state index contributed by atoms with van der Waals surface area (Å²) < 4.78 is 16.2. The number of carbonyl (C=O) groups excluding carboxylic acids is 1. The molecule has 0 aliphatic heterocycles. The lowest BCUT2D eigenvalue weighted by atomic mass is 10.2. The van der Waals surface area contributed by atoms with Crippen molar-refractivity contribution in [1.82, 2.24) is 19.6 Å². The van der Waals surface area contributed by atoms with Crippen LogP contribution in [-0.4, -0.2) is 25.5 Å². The average molecular weight is 313 g/mol. The number of nitrogens with zero attached hydrogens (tertiary/aromatic N) is 4. The van der Waals surface area contributed by atoms with Crippen molar-refractivity contribution < 1.29 is 9.18 Å². The van der Waals surface area contributed by atoms with Crippen molar-refractivity contribution in [3.8, 4) is 5.69 Å². The van der Waals surface area contributed by atoms with Gasteiger partial charge in [0.15, 0.2) is 0 Å². The highest BCUT2D eigenvalue weighted by Gasteiger charge is 2.16. The molecular formula is C16H16FN5O. The van der Waals surface area contributed by atoms with Gasteiger partial charge >= 0.3 is 0 Å². The third kappa shape index (κ3) is 2.85. The first-order chi connectivity index (χ1) is 11.0. The largest absolute Gasteiger partial charge is 0.307 e. The van der Waals surface area contributed by atoms with Gasteiger partial charge < -0.3 is 5.32 Å². The molecule has 1 amide bonds. The number of hydrogen-bond acceptors (Lipinski definition) is 3. The Balaban J connectivity index is 1.88. The van der Waals surface area contributed by atoms with Gasteiger partial charge in [-0.2, -0.15) is 10.2 Å². The fraction of sp³-hybridized carbons (Fsp3) is 0.188. The summed E-state index contributed by atoms with van der Waals surface area (Å²) in [5.74, 6) is 0.0309. The molecule has 7 heteroatoms. The minimum Gasteiger partial charge on any atom is -0.307 e. The Morgan fingerprint density at radius 1 is 1.22 bits per heavy atom. The number of halogens is 1. The highest BCUT2D eigenvalue weighted by atomic mass is 19.1. The van der Waals surface area contributed by atoms with Crippen LogP contribution in [0, 0.1) is 19.7 Å². The summed E-state index contributed by atoms with van der Waals surface area (Å²) in [5.41, 5.74) is 2.64. The Kier molecular flexibility index (Phi) is 3.69. The average Bonchev–Trinajstić information content (AvgIpc) is 3.03. The maximum absolute atomic E-state index is 13.0. The summed E-state index contributed by atoms with van der Waals surface area (Å²) in [5, 5.41) is 11.2. The lowest BCUT2D eigenvalue weighted by molar-refractivity contribution is 0.102. The molecule has 6 nitrogen and oxygen atoms in total. The topological polar surface area (TPSA) is 64.7 Å². The van der Waals surface area contributed by atoms with E-state index in [9.17, 15) is 9.18 Å². The lowest BCUT2D eigenvalue weighted by Gasteiger charge is -2.06. The molecule has 0 saturated carbocycles. The van der Waals surface area contributed by atoms with Crippen LogP contribution < -0.4 is 5.32 Å². The Hall–Kier alpha value is -2.96. The van der Waals surface area contributed by atoms with E-state index in [0.29, 0.717) is 22.8 Å². The molecule has 2 heterocycles. The molecule has 0 saturated heterocycles. The lowest BCUT2D eigenvalue weighted by Crippen LogP contribution is -2.15. The molecule has 0 fully saturated rings. The predicted molar refractivity (Wildman–Crippen MR) is 84.2 cm³/mol. The van der Waals surface area contributed by atoms with E-state index in [-0.39, 0.29) is 11.7 Å². The van der Waals surface area contributed by atoms with Crippen LogP contribution >= 0.6 is 0 Å². The monoisotopic (exact) mass is 313 g/mol. The number of benzene rings is 1. The zero-order valence-corrected chi connectivity index (χ0v) is 13.0. The molecule has 0 unspecified atom stereocenters. The van der Waals surface area contributed by atoms with E-state index < -0.39 is 0 Å². The van der Waals surface area contributed by atoms with Gasteiger partial charge in [0.25, 0.3) is 5.91 Å². The van der Waals surface area contributed by atoms with Gasteiger partial charge in [-0.15, -0.1) is 0 Å².